The molecule has 12 nitrogen and oxygen atoms in total. The molecule has 0 saturated heterocycles. The van der Waals surface area contributed by atoms with E-state index in [1.807, 2.05) is 0 Å². The van der Waals surface area contributed by atoms with Crippen LogP contribution in [-0.2, 0) is 43.2 Å². The van der Waals surface area contributed by atoms with E-state index < -0.39 is 53.8 Å². The third-order valence-corrected chi connectivity index (χ3v) is 6.78. The number of phenolic OH excluding ortho intramolecular Hbond substituents is 1. The van der Waals surface area contributed by atoms with Crippen LogP contribution in [0.25, 0.3) is 0 Å². The Bertz CT molecular complexity index is 1420. The second-order valence-electron chi connectivity index (χ2n) is 10.3. The van der Waals surface area contributed by atoms with Crippen LogP contribution in [0.5, 0.6) is 5.75 Å². The van der Waals surface area contributed by atoms with Crippen LogP contribution in [0.15, 0.2) is 84.9 Å². The monoisotopic (exact) mass is 603 g/mol. The predicted molar refractivity (Wildman–Crippen MR) is 162 cm³/mol. The number of amides is 4. The quantitative estimate of drug-likeness (QED) is 0.130. The van der Waals surface area contributed by atoms with Crippen molar-refractivity contribution in [2.75, 3.05) is 6.54 Å². The molecular formula is C32H37N5O7. The van der Waals surface area contributed by atoms with Crippen LogP contribution in [0.4, 0.5) is 0 Å². The number of aromatic hydroxyl groups is 1. The van der Waals surface area contributed by atoms with Gasteiger partial charge in [0.25, 0.3) is 0 Å². The number of hydrogen-bond donors (Lipinski definition) is 7. The fraction of sp³-hybridized carbons (Fsp3) is 0.281. The molecule has 4 amide bonds. The molecule has 3 aromatic carbocycles. The summed E-state index contributed by atoms with van der Waals surface area (Å²) in [5, 5.41) is 29.8. The van der Waals surface area contributed by atoms with Crippen molar-refractivity contribution >= 4 is 29.6 Å². The summed E-state index contributed by atoms with van der Waals surface area (Å²) in [6.45, 7) is 1.11. The number of nitrogens with one attached hydrogen (secondary N) is 4. The number of rotatable bonds is 15. The second-order valence-corrected chi connectivity index (χ2v) is 10.3. The lowest BCUT2D eigenvalue weighted by Gasteiger charge is -2.26. The van der Waals surface area contributed by atoms with Crippen molar-refractivity contribution in [1.29, 1.82) is 0 Å². The van der Waals surface area contributed by atoms with Crippen LogP contribution in [0, 0.1) is 0 Å². The zero-order chi connectivity index (χ0) is 32.1. The highest BCUT2D eigenvalue weighted by molar-refractivity contribution is 5.95. The molecule has 0 aliphatic heterocycles. The fourth-order valence-corrected chi connectivity index (χ4v) is 4.39. The maximum Gasteiger partial charge on any atom is 0.326 e. The second kappa shape index (κ2) is 16.4. The summed E-state index contributed by atoms with van der Waals surface area (Å²) in [5.41, 5.74) is 7.33. The first kappa shape index (κ1) is 33.3. The van der Waals surface area contributed by atoms with Gasteiger partial charge in [0, 0.05) is 19.3 Å². The minimum atomic E-state index is -1.26. The van der Waals surface area contributed by atoms with Gasteiger partial charge in [0.1, 0.15) is 29.9 Å². The number of benzene rings is 3. The smallest absolute Gasteiger partial charge is 0.326 e. The molecule has 232 valence electrons. The van der Waals surface area contributed by atoms with Gasteiger partial charge in [-0.15, -0.1) is 0 Å². The predicted octanol–water partition coefficient (Wildman–Crippen LogP) is 0.423. The largest absolute Gasteiger partial charge is 0.508 e. The topological polar surface area (TPSA) is 200 Å². The molecule has 0 spiro atoms. The minimum Gasteiger partial charge on any atom is -0.508 e. The molecular weight excluding hydrogens is 566 g/mol. The van der Waals surface area contributed by atoms with E-state index in [4.69, 9.17) is 5.73 Å². The van der Waals surface area contributed by atoms with Crippen molar-refractivity contribution in [2.24, 2.45) is 5.73 Å². The standard InChI is InChI=1S/C32H37N5O7/c1-20(34-28(39)19-33)29(40)35-25(17-23-12-14-24(38)15-13-23)30(41)36-26(16-21-8-4-2-5-9-21)31(42)37-27(32(43)44)18-22-10-6-3-7-11-22/h2-15,20,25-27,38H,16-19,33H2,1H3,(H,34,39)(H,35,40)(H,36,41)(H,37,42)(H,43,44). The maximum atomic E-state index is 13.7. The number of carbonyl (C=O) groups excluding carboxylic acids is 4. The van der Waals surface area contributed by atoms with Crippen LogP contribution in [0.3, 0.4) is 0 Å². The van der Waals surface area contributed by atoms with Gasteiger partial charge < -0.3 is 37.2 Å². The van der Waals surface area contributed by atoms with Gasteiger partial charge in [-0.25, -0.2) is 4.79 Å². The Labute approximate surface area is 255 Å². The molecule has 0 aromatic heterocycles. The molecule has 12 heteroatoms. The molecule has 3 rings (SSSR count). The van der Waals surface area contributed by atoms with E-state index in [0.717, 1.165) is 0 Å². The molecule has 4 unspecified atom stereocenters. The van der Waals surface area contributed by atoms with Crippen molar-refractivity contribution < 1.29 is 34.2 Å². The highest BCUT2D eigenvalue weighted by Gasteiger charge is 2.31. The highest BCUT2D eigenvalue weighted by Crippen LogP contribution is 2.13. The molecule has 0 heterocycles. The summed E-state index contributed by atoms with van der Waals surface area (Å²) in [6.07, 6.45) is 0.0552. The van der Waals surface area contributed by atoms with Gasteiger partial charge in [0.05, 0.1) is 6.54 Å². The highest BCUT2D eigenvalue weighted by atomic mass is 16.4. The normalized spacial score (nSPS) is 13.4. The Hall–Kier alpha value is -5.23. The summed E-state index contributed by atoms with van der Waals surface area (Å²) in [6, 6.07) is 19.0. The molecule has 3 aromatic rings. The van der Waals surface area contributed by atoms with Crippen LogP contribution < -0.4 is 27.0 Å². The van der Waals surface area contributed by atoms with Crippen molar-refractivity contribution in [3.63, 3.8) is 0 Å². The zero-order valence-corrected chi connectivity index (χ0v) is 24.2. The molecule has 0 radical (unpaired) electrons. The number of nitrogens with two attached hydrogens (primary N) is 1. The van der Waals surface area contributed by atoms with Crippen molar-refractivity contribution in [3.05, 3.63) is 102 Å². The average Bonchev–Trinajstić information content (AvgIpc) is 3.01. The van der Waals surface area contributed by atoms with Gasteiger partial charge in [-0.05, 0) is 35.7 Å². The molecule has 0 bridgehead atoms. The fourth-order valence-electron chi connectivity index (χ4n) is 4.39. The Morgan fingerprint density at radius 3 is 1.48 bits per heavy atom. The van der Waals surface area contributed by atoms with E-state index in [9.17, 15) is 34.2 Å². The Kier molecular flexibility index (Phi) is 12.4. The van der Waals surface area contributed by atoms with E-state index >= 15 is 0 Å². The van der Waals surface area contributed by atoms with Crippen molar-refractivity contribution in [2.45, 2.75) is 50.4 Å². The lowest BCUT2D eigenvalue weighted by Crippen LogP contribution is -2.58. The van der Waals surface area contributed by atoms with Crippen LogP contribution >= 0.6 is 0 Å². The number of carboxylic acid groups (broad SMARTS) is 1. The zero-order valence-electron chi connectivity index (χ0n) is 24.2. The van der Waals surface area contributed by atoms with Gasteiger partial charge in [-0.3, -0.25) is 19.2 Å². The Balaban J connectivity index is 1.85. The molecule has 44 heavy (non-hydrogen) atoms. The van der Waals surface area contributed by atoms with Crippen molar-refractivity contribution in [1.82, 2.24) is 21.3 Å². The van der Waals surface area contributed by atoms with Gasteiger partial charge in [-0.2, -0.15) is 0 Å². The number of carboxylic acids is 1. The number of carbonyl (C=O) groups is 5. The third kappa shape index (κ3) is 10.6. The van der Waals surface area contributed by atoms with E-state index in [1.54, 1.807) is 72.8 Å². The first-order chi connectivity index (χ1) is 21.0. The maximum absolute atomic E-state index is 13.7. The van der Waals surface area contributed by atoms with Crippen molar-refractivity contribution in [3.8, 4) is 5.75 Å². The molecule has 0 fully saturated rings. The first-order valence-corrected chi connectivity index (χ1v) is 14.0. The van der Waals surface area contributed by atoms with E-state index in [2.05, 4.69) is 21.3 Å². The lowest BCUT2D eigenvalue weighted by atomic mass is 10.0. The number of phenols is 1. The van der Waals surface area contributed by atoms with Gasteiger partial charge in [0.2, 0.25) is 23.6 Å². The Morgan fingerprint density at radius 2 is 1.02 bits per heavy atom. The van der Waals surface area contributed by atoms with Crippen LogP contribution in [0.1, 0.15) is 23.6 Å². The third-order valence-electron chi connectivity index (χ3n) is 6.78. The van der Waals surface area contributed by atoms with Crippen LogP contribution in [-0.4, -0.2) is 70.5 Å². The first-order valence-electron chi connectivity index (χ1n) is 14.0. The summed E-state index contributed by atoms with van der Waals surface area (Å²) < 4.78 is 0. The summed E-state index contributed by atoms with van der Waals surface area (Å²) in [7, 11) is 0. The van der Waals surface area contributed by atoms with Crippen LogP contribution in [0.2, 0.25) is 0 Å². The van der Waals surface area contributed by atoms with E-state index in [-0.39, 0.29) is 31.6 Å². The molecule has 0 saturated carbocycles. The Morgan fingerprint density at radius 1 is 0.614 bits per heavy atom. The van der Waals surface area contributed by atoms with Gasteiger partial charge in [-0.1, -0.05) is 72.8 Å². The molecule has 0 aliphatic rings. The lowest BCUT2D eigenvalue weighted by molar-refractivity contribution is -0.142. The molecule has 4 atom stereocenters. The van der Waals surface area contributed by atoms with E-state index in [0.29, 0.717) is 16.7 Å². The summed E-state index contributed by atoms with van der Waals surface area (Å²) >= 11 is 0. The SMILES string of the molecule is CC(NC(=O)CN)C(=O)NC(Cc1ccc(O)cc1)C(=O)NC(Cc1ccccc1)C(=O)NC(Cc1ccccc1)C(=O)O. The van der Waals surface area contributed by atoms with Gasteiger partial charge in [0.15, 0.2) is 0 Å². The number of aliphatic carboxylic acids is 1. The molecule has 0 aliphatic carbocycles. The summed E-state index contributed by atoms with van der Waals surface area (Å²) in [5.74, 6) is -3.88. The number of hydrogen-bond acceptors (Lipinski definition) is 7. The molecule has 8 N–H and O–H groups in total. The minimum absolute atomic E-state index is 0.0131. The average molecular weight is 604 g/mol. The van der Waals surface area contributed by atoms with Gasteiger partial charge >= 0.3 is 5.97 Å². The van der Waals surface area contributed by atoms with E-state index in [1.165, 1.54) is 19.1 Å². The summed E-state index contributed by atoms with van der Waals surface area (Å²) in [4.78, 5) is 63.9.